The summed E-state index contributed by atoms with van der Waals surface area (Å²) in [6.07, 6.45) is 0.866. The second-order valence-corrected chi connectivity index (χ2v) is 4.46. The number of nitrogens with zero attached hydrogens (tertiary/aromatic N) is 2. The minimum Gasteiger partial charge on any atom is -0.385 e. The van der Waals surface area contributed by atoms with Crippen molar-refractivity contribution < 1.29 is 9.53 Å². The Balaban J connectivity index is 3.60. The lowest BCUT2D eigenvalue weighted by Crippen LogP contribution is -2.39. The molecule has 0 saturated carbocycles. The van der Waals surface area contributed by atoms with E-state index in [1.807, 2.05) is 7.05 Å². The molecule has 0 radical (unpaired) electrons. The lowest BCUT2D eigenvalue weighted by Gasteiger charge is -2.22. The minimum absolute atomic E-state index is 0.0909. The lowest BCUT2D eigenvalue weighted by molar-refractivity contribution is -0.122. The molecule has 0 saturated heterocycles. The fraction of sp³-hybridized carbons (Fsp3) is 0.923. The highest BCUT2D eigenvalue weighted by Crippen LogP contribution is 1.89. The van der Waals surface area contributed by atoms with E-state index >= 15 is 0 Å². The van der Waals surface area contributed by atoms with Gasteiger partial charge in [-0.15, -0.1) is 0 Å². The van der Waals surface area contributed by atoms with Crippen LogP contribution in [0.5, 0.6) is 0 Å². The zero-order chi connectivity index (χ0) is 13.8. The summed E-state index contributed by atoms with van der Waals surface area (Å²) in [5, 5.41) is 2.89. The van der Waals surface area contributed by atoms with E-state index in [9.17, 15) is 4.79 Å². The summed E-state index contributed by atoms with van der Waals surface area (Å²) in [7, 11) is 3.65. The normalized spacial score (nSPS) is 11.2. The van der Waals surface area contributed by atoms with Gasteiger partial charge in [-0.3, -0.25) is 9.69 Å². The molecule has 0 aliphatic carbocycles. The predicted octanol–water partition coefficient (Wildman–Crippen LogP) is 0.413. The van der Waals surface area contributed by atoms with Crippen LogP contribution in [0.2, 0.25) is 0 Å². The zero-order valence-electron chi connectivity index (χ0n) is 12.4. The maximum Gasteiger partial charge on any atom is 0.234 e. The van der Waals surface area contributed by atoms with Crippen molar-refractivity contribution in [3.05, 3.63) is 0 Å². The molecule has 0 aromatic heterocycles. The largest absolute Gasteiger partial charge is 0.385 e. The number of methoxy groups -OCH3 is 1. The third kappa shape index (κ3) is 9.39. The second-order valence-electron chi connectivity index (χ2n) is 4.46. The highest BCUT2D eigenvalue weighted by atomic mass is 16.5. The molecule has 0 aliphatic heterocycles. The Bertz CT molecular complexity index is 208. The van der Waals surface area contributed by atoms with Crippen molar-refractivity contribution in [1.82, 2.24) is 15.1 Å². The summed E-state index contributed by atoms with van der Waals surface area (Å²) < 4.78 is 4.93. The van der Waals surface area contributed by atoms with Gasteiger partial charge in [-0.2, -0.15) is 0 Å². The van der Waals surface area contributed by atoms with E-state index < -0.39 is 0 Å². The van der Waals surface area contributed by atoms with Crippen molar-refractivity contribution >= 4 is 5.91 Å². The van der Waals surface area contributed by atoms with E-state index in [4.69, 9.17) is 4.74 Å². The van der Waals surface area contributed by atoms with Gasteiger partial charge in [-0.05, 0) is 26.6 Å². The lowest BCUT2D eigenvalue weighted by atomic mass is 10.4. The number of carbonyl (C=O) groups is 1. The monoisotopic (exact) mass is 259 g/mol. The van der Waals surface area contributed by atoms with Crippen LogP contribution in [0.4, 0.5) is 0 Å². The molecular formula is C13H29N3O2. The van der Waals surface area contributed by atoms with Crippen LogP contribution < -0.4 is 5.32 Å². The third-order valence-electron chi connectivity index (χ3n) is 2.95. The summed E-state index contributed by atoms with van der Waals surface area (Å²) in [5.74, 6) is 0.0909. The van der Waals surface area contributed by atoms with Gasteiger partial charge in [-0.25, -0.2) is 0 Å². The first-order chi connectivity index (χ1) is 8.63. The van der Waals surface area contributed by atoms with Crippen LogP contribution in [0.1, 0.15) is 20.3 Å². The van der Waals surface area contributed by atoms with Crippen molar-refractivity contribution in [3.8, 4) is 0 Å². The van der Waals surface area contributed by atoms with Crippen LogP contribution in [0.25, 0.3) is 0 Å². The molecule has 0 aliphatic rings. The number of rotatable bonds is 11. The Morgan fingerprint density at radius 1 is 1.22 bits per heavy atom. The van der Waals surface area contributed by atoms with Gasteiger partial charge in [-0.1, -0.05) is 13.8 Å². The Morgan fingerprint density at radius 2 is 1.89 bits per heavy atom. The zero-order valence-corrected chi connectivity index (χ0v) is 12.4. The number of hydrogen-bond donors (Lipinski definition) is 1. The van der Waals surface area contributed by atoms with Crippen molar-refractivity contribution in [2.24, 2.45) is 0 Å². The van der Waals surface area contributed by atoms with Gasteiger partial charge in [0.05, 0.1) is 6.54 Å². The number of amides is 1. The number of ether oxygens (including phenoxy) is 1. The van der Waals surface area contributed by atoms with Gasteiger partial charge in [0.2, 0.25) is 5.91 Å². The molecule has 0 rings (SSSR count). The van der Waals surface area contributed by atoms with Gasteiger partial charge in [0, 0.05) is 33.4 Å². The topological polar surface area (TPSA) is 44.8 Å². The molecule has 0 bridgehead atoms. The molecule has 0 atom stereocenters. The maximum absolute atomic E-state index is 11.6. The first-order valence-corrected chi connectivity index (χ1v) is 6.80. The van der Waals surface area contributed by atoms with Crippen molar-refractivity contribution in [2.45, 2.75) is 20.3 Å². The van der Waals surface area contributed by atoms with Gasteiger partial charge in [0.1, 0.15) is 0 Å². The van der Waals surface area contributed by atoms with E-state index in [1.54, 1.807) is 7.11 Å². The SMILES string of the molecule is CCN(CC)CCN(C)CC(=O)NCCCOC. The van der Waals surface area contributed by atoms with Crippen molar-refractivity contribution in [1.29, 1.82) is 0 Å². The van der Waals surface area contributed by atoms with Crippen molar-refractivity contribution in [2.75, 3.05) is 60.0 Å². The van der Waals surface area contributed by atoms with Gasteiger partial charge in [0.25, 0.3) is 0 Å². The Morgan fingerprint density at radius 3 is 2.44 bits per heavy atom. The number of carbonyl (C=O) groups excluding carboxylic acids is 1. The summed E-state index contributed by atoms with van der Waals surface area (Å²) >= 11 is 0. The van der Waals surface area contributed by atoms with E-state index in [2.05, 4.69) is 29.0 Å². The van der Waals surface area contributed by atoms with E-state index in [0.29, 0.717) is 19.7 Å². The van der Waals surface area contributed by atoms with Gasteiger partial charge >= 0.3 is 0 Å². The quantitative estimate of drug-likeness (QED) is 0.546. The number of hydrogen-bond acceptors (Lipinski definition) is 4. The molecule has 108 valence electrons. The van der Waals surface area contributed by atoms with E-state index in [-0.39, 0.29) is 5.91 Å². The summed E-state index contributed by atoms with van der Waals surface area (Å²) in [6.45, 7) is 10.2. The average molecular weight is 259 g/mol. The molecular weight excluding hydrogens is 230 g/mol. The van der Waals surface area contributed by atoms with Gasteiger partial charge < -0.3 is 15.0 Å². The van der Waals surface area contributed by atoms with Crippen LogP contribution in [0.3, 0.4) is 0 Å². The first-order valence-electron chi connectivity index (χ1n) is 6.80. The number of likely N-dealkylation sites (N-methyl/N-ethyl adjacent to an activating group) is 2. The molecule has 0 aromatic rings. The van der Waals surface area contributed by atoms with Crippen LogP contribution in [0.15, 0.2) is 0 Å². The maximum atomic E-state index is 11.6. The Hall–Kier alpha value is -0.650. The summed E-state index contributed by atoms with van der Waals surface area (Å²) in [4.78, 5) is 16.0. The Labute approximate surface area is 111 Å². The fourth-order valence-electron chi connectivity index (χ4n) is 1.68. The highest BCUT2D eigenvalue weighted by Gasteiger charge is 2.07. The fourth-order valence-corrected chi connectivity index (χ4v) is 1.68. The molecule has 5 heteroatoms. The molecule has 5 nitrogen and oxygen atoms in total. The predicted molar refractivity (Wildman–Crippen MR) is 74.8 cm³/mol. The molecule has 1 amide bonds. The molecule has 0 aromatic carbocycles. The van der Waals surface area contributed by atoms with Gasteiger partial charge in [0.15, 0.2) is 0 Å². The molecule has 0 heterocycles. The smallest absolute Gasteiger partial charge is 0.234 e. The van der Waals surface area contributed by atoms with Crippen LogP contribution in [0, 0.1) is 0 Å². The van der Waals surface area contributed by atoms with Crippen LogP contribution in [-0.2, 0) is 9.53 Å². The third-order valence-corrected chi connectivity index (χ3v) is 2.95. The second kappa shape index (κ2) is 11.4. The highest BCUT2D eigenvalue weighted by molar-refractivity contribution is 5.77. The average Bonchev–Trinajstić information content (AvgIpc) is 2.36. The summed E-state index contributed by atoms with van der Waals surface area (Å²) in [5.41, 5.74) is 0. The van der Waals surface area contributed by atoms with Crippen LogP contribution in [-0.4, -0.2) is 75.7 Å². The minimum atomic E-state index is 0.0909. The van der Waals surface area contributed by atoms with E-state index in [1.165, 1.54) is 0 Å². The molecule has 1 N–H and O–H groups in total. The standard InChI is InChI=1S/C13H29N3O2/c1-5-16(6-2)10-9-15(3)12-13(17)14-8-7-11-18-4/h5-12H2,1-4H3,(H,14,17). The molecule has 0 unspecified atom stereocenters. The summed E-state index contributed by atoms with van der Waals surface area (Å²) in [6, 6.07) is 0. The first kappa shape index (κ1) is 17.4. The van der Waals surface area contributed by atoms with Crippen LogP contribution >= 0.6 is 0 Å². The molecule has 0 spiro atoms. The molecule has 0 fully saturated rings. The van der Waals surface area contributed by atoms with E-state index in [0.717, 1.165) is 32.6 Å². The number of nitrogens with one attached hydrogen (secondary N) is 1. The Kier molecular flexibility index (Phi) is 11.0. The van der Waals surface area contributed by atoms with Crippen molar-refractivity contribution in [3.63, 3.8) is 0 Å². The molecule has 18 heavy (non-hydrogen) atoms.